The van der Waals surface area contributed by atoms with Crippen LogP contribution >= 0.6 is 11.3 Å². The van der Waals surface area contributed by atoms with Crippen LogP contribution in [0.25, 0.3) is 10.4 Å². The lowest BCUT2D eigenvalue weighted by molar-refractivity contribution is 0.112. The van der Waals surface area contributed by atoms with Crippen LogP contribution in [0.5, 0.6) is 0 Å². The number of hydrogen-bond acceptors (Lipinski definition) is 3. The number of carbonyl (C=O) groups excluding carboxylic acids is 1. The zero-order valence-electron chi connectivity index (χ0n) is 14.3. The Hall–Kier alpha value is -2.46. The molecule has 0 aliphatic rings. The molecule has 0 atom stereocenters. The Labute approximate surface area is 151 Å². The van der Waals surface area contributed by atoms with Gasteiger partial charge in [-0.2, -0.15) is 0 Å². The zero-order valence-corrected chi connectivity index (χ0v) is 15.1. The molecule has 0 saturated heterocycles. The number of benzene rings is 2. The van der Waals surface area contributed by atoms with E-state index in [2.05, 4.69) is 30.9 Å². The van der Waals surface area contributed by atoms with Crippen LogP contribution in [0.15, 0.2) is 60.7 Å². The Morgan fingerprint density at radius 3 is 2.28 bits per heavy atom. The SMILES string of the molecule is CC(C)N(Cc1ccc(-c2ccc(C=O)cc2)s1)c1ccc(F)cc1. The molecular formula is C21H20FNOS. The lowest BCUT2D eigenvalue weighted by Crippen LogP contribution is -2.29. The first-order valence-corrected chi connectivity index (χ1v) is 9.05. The molecular weight excluding hydrogens is 333 g/mol. The summed E-state index contributed by atoms with van der Waals surface area (Å²) >= 11 is 1.74. The van der Waals surface area contributed by atoms with Crippen LogP contribution in [0.3, 0.4) is 0 Å². The minimum atomic E-state index is -0.218. The molecule has 0 aliphatic carbocycles. The molecule has 4 heteroatoms. The summed E-state index contributed by atoms with van der Waals surface area (Å²) in [6, 6.07) is 18.8. The van der Waals surface area contributed by atoms with E-state index in [-0.39, 0.29) is 5.82 Å². The first-order valence-electron chi connectivity index (χ1n) is 8.23. The van der Waals surface area contributed by atoms with Crippen LogP contribution in [0, 0.1) is 5.82 Å². The molecule has 0 N–H and O–H groups in total. The van der Waals surface area contributed by atoms with Crippen LogP contribution in [0.1, 0.15) is 29.1 Å². The molecule has 0 fully saturated rings. The number of hydrogen-bond donors (Lipinski definition) is 0. The summed E-state index contributed by atoms with van der Waals surface area (Å²) in [5.74, 6) is -0.218. The van der Waals surface area contributed by atoms with E-state index in [0.29, 0.717) is 11.6 Å². The molecule has 3 rings (SSSR count). The van der Waals surface area contributed by atoms with Gasteiger partial charge in [-0.05, 0) is 55.8 Å². The molecule has 1 aromatic heterocycles. The van der Waals surface area contributed by atoms with Crippen molar-refractivity contribution in [1.82, 2.24) is 0 Å². The highest BCUT2D eigenvalue weighted by molar-refractivity contribution is 7.15. The molecule has 25 heavy (non-hydrogen) atoms. The summed E-state index contributed by atoms with van der Waals surface area (Å²) in [6.07, 6.45) is 0.854. The van der Waals surface area contributed by atoms with Crippen LogP contribution < -0.4 is 4.90 Å². The molecule has 0 unspecified atom stereocenters. The van der Waals surface area contributed by atoms with Gasteiger partial charge in [0.25, 0.3) is 0 Å². The van der Waals surface area contributed by atoms with E-state index in [1.54, 1.807) is 11.3 Å². The van der Waals surface area contributed by atoms with Crippen molar-refractivity contribution in [2.75, 3.05) is 4.90 Å². The third-order valence-electron chi connectivity index (χ3n) is 4.10. The molecule has 0 saturated carbocycles. The van der Waals surface area contributed by atoms with Gasteiger partial charge in [-0.3, -0.25) is 4.79 Å². The van der Waals surface area contributed by atoms with E-state index < -0.39 is 0 Å². The zero-order chi connectivity index (χ0) is 17.8. The average molecular weight is 353 g/mol. The highest BCUT2D eigenvalue weighted by atomic mass is 32.1. The van der Waals surface area contributed by atoms with Crippen LogP contribution in [-0.2, 0) is 6.54 Å². The maximum Gasteiger partial charge on any atom is 0.150 e. The summed E-state index contributed by atoms with van der Waals surface area (Å²) in [5, 5.41) is 0. The fourth-order valence-corrected chi connectivity index (χ4v) is 3.73. The Morgan fingerprint density at radius 1 is 1.00 bits per heavy atom. The molecule has 0 amide bonds. The lowest BCUT2D eigenvalue weighted by atomic mass is 10.1. The number of aldehydes is 1. The second kappa shape index (κ2) is 7.62. The monoisotopic (exact) mass is 353 g/mol. The van der Waals surface area contributed by atoms with Crippen LogP contribution in [0.4, 0.5) is 10.1 Å². The average Bonchev–Trinajstić information content (AvgIpc) is 3.09. The second-order valence-electron chi connectivity index (χ2n) is 6.20. The topological polar surface area (TPSA) is 20.3 Å². The van der Waals surface area contributed by atoms with Crippen molar-refractivity contribution in [3.63, 3.8) is 0 Å². The minimum absolute atomic E-state index is 0.218. The standard InChI is InChI=1S/C21H20FNOS/c1-15(2)23(19-9-7-18(22)8-10-19)13-20-11-12-21(25-20)17-5-3-16(14-24)4-6-17/h3-12,14-15H,13H2,1-2H3. The Balaban J connectivity index is 1.80. The number of anilines is 1. The molecule has 3 aromatic rings. The molecule has 2 aromatic carbocycles. The van der Waals surface area contributed by atoms with Crippen molar-refractivity contribution in [1.29, 1.82) is 0 Å². The van der Waals surface area contributed by atoms with E-state index in [4.69, 9.17) is 0 Å². The van der Waals surface area contributed by atoms with E-state index in [1.807, 2.05) is 36.4 Å². The van der Waals surface area contributed by atoms with Crippen molar-refractivity contribution in [2.24, 2.45) is 0 Å². The van der Waals surface area contributed by atoms with Gasteiger partial charge in [0.2, 0.25) is 0 Å². The molecule has 0 bridgehead atoms. The number of nitrogens with zero attached hydrogens (tertiary/aromatic N) is 1. The van der Waals surface area contributed by atoms with E-state index >= 15 is 0 Å². The quantitative estimate of drug-likeness (QED) is 0.523. The highest BCUT2D eigenvalue weighted by Gasteiger charge is 2.13. The van der Waals surface area contributed by atoms with Crippen molar-refractivity contribution >= 4 is 23.3 Å². The normalized spacial score (nSPS) is 10.9. The van der Waals surface area contributed by atoms with E-state index in [9.17, 15) is 9.18 Å². The molecule has 128 valence electrons. The van der Waals surface area contributed by atoms with Gasteiger partial charge in [0.1, 0.15) is 12.1 Å². The predicted molar refractivity (Wildman–Crippen MR) is 103 cm³/mol. The van der Waals surface area contributed by atoms with Crippen molar-refractivity contribution in [2.45, 2.75) is 26.4 Å². The number of rotatable bonds is 6. The van der Waals surface area contributed by atoms with Gasteiger partial charge >= 0.3 is 0 Å². The summed E-state index contributed by atoms with van der Waals surface area (Å²) in [5.41, 5.74) is 2.81. The van der Waals surface area contributed by atoms with Crippen molar-refractivity contribution < 1.29 is 9.18 Å². The Bertz CT molecular complexity index is 837. The van der Waals surface area contributed by atoms with Gasteiger partial charge in [-0.15, -0.1) is 11.3 Å². The van der Waals surface area contributed by atoms with Crippen molar-refractivity contribution in [3.05, 3.63) is 76.9 Å². The van der Waals surface area contributed by atoms with Gasteiger partial charge in [-0.1, -0.05) is 24.3 Å². The van der Waals surface area contributed by atoms with Crippen molar-refractivity contribution in [3.8, 4) is 10.4 Å². The molecule has 0 radical (unpaired) electrons. The maximum atomic E-state index is 13.2. The van der Waals surface area contributed by atoms with Gasteiger partial charge in [0, 0.05) is 27.0 Å². The summed E-state index contributed by atoms with van der Waals surface area (Å²) in [6.45, 7) is 5.05. The van der Waals surface area contributed by atoms with Crippen LogP contribution in [-0.4, -0.2) is 12.3 Å². The van der Waals surface area contributed by atoms with Gasteiger partial charge in [-0.25, -0.2) is 4.39 Å². The number of thiophene rings is 1. The maximum absolute atomic E-state index is 13.2. The fourth-order valence-electron chi connectivity index (χ4n) is 2.72. The summed E-state index contributed by atoms with van der Waals surface area (Å²) < 4.78 is 13.2. The van der Waals surface area contributed by atoms with Gasteiger partial charge < -0.3 is 4.90 Å². The first kappa shape index (κ1) is 17.4. The minimum Gasteiger partial charge on any atom is -0.364 e. The first-order chi connectivity index (χ1) is 12.1. The third kappa shape index (κ3) is 4.15. The van der Waals surface area contributed by atoms with E-state index in [1.165, 1.54) is 21.9 Å². The largest absolute Gasteiger partial charge is 0.364 e. The van der Waals surface area contributed by atoms with Gasteiger partial charge in [0.15, 0.2) is 0 Å². The second-order valence-corrected chi connectivity index (χ2v) is 7.37. The summed E-state index contributed by atoms with van der Waals surface area (Å²) in [4.78, 5) is 15.4. The highest BCUT2D eigenvalue weighted by Crippen LogP contribution is 2.30. The molecule has 1 heterocycles. The Morgan fingerprint density at radius 2 is 1.68 bits per heavy atom. The molecule has 0 spiro atoms. The molecule has 0 aliphatic heterocycles. The lowest BCUT2D eigenvalue weighted by Gasteiger charge is -2.28. The van der Waals surface area contributed by atoms with Crippen LogP contribution in [0.2, 0.25) is 0 Å². The number of halogens is 1. The predicted octanol–water partition coefficient (Wildman–Crippen LogP) is 5.78. The Kier molecular flexibility index (Phi) is 5.29. The van der Waals surface area contributed by atoms with Gasteiger partial charge in [0.05, 0.1) is 6.54 Å². The smallest absolute Gasteiger partial charge is 0.150 e. The fraction of sp³-hybridized carbons (Fsp3) is 0.190. The molecule has 2 nitrogen and oxygen atoms in total. The van der Waals surface area contributed by atoms with E-state index in [0.717, 1.165) is 24.1 Å². The number of carbonyl (C=O) groups is 1. The summed E-state index contributed by atoms with van der Waals surface area (Å²) in [7, 11) is 0. The third-order valence-corrected chi connectivity index (χ3v) is 5.22.